The van der Waals surface area contributed by atoms with E-state index < -0.39 is 0 Å². The van der Waals surface area contributed by atoms with Gasteiger partial charge in [0.25, 0.3) is 0 Å². The summed E-state index contributed by atoms with van der Waals surface area (Å²) in [5, 5.41) is 0. The predicted molar refractivity (Wildman–Crippen MR) is 55.4 cm³/mol. The van der Waals surface area contributed by atoms with Crippen LogP contribution in [0, 0.1) is 6.92 Å². The molecular formula is C13H14O. The van der Waals surface area contributed by atoms with E-state index in [1.54, 1.807) is 0 Å². The number of rotatable bonds is 0. The van der Waals surface area contributed by atoms with Gasteiger partial charge < -0.3 is 0 Å². The molecule has 1 aromatic rings. The second kappa shape index (κ2) is 2.47. The molecule has 0 unspecified atom stereocenters. The lowest BCUT2D eigenvalue weighted by molar-refractivity contribution is -0.121. The highest BCUT2D eigenvalue weighted by Crippen LogP contribution is 2.53. The van der Waals surface area contributed by atoms with Crippen LogP contribution in [-0.4, -0.2) is 5.78 Å². The summed E-state index contributed by atoms with van der Waals surface area (Å²) in [4.78, 5) is 11.9. The molecule has 1 saturated carbocycles. The van der Waals surface area contributed by atoms with Crippen molar-refractivity contribution < 1.29 is 4.79 Å². The smallest absolute Gasteiger partial charge is 0.143 e. The first-order chi connectivity index (χ1) is 6.74. The number of fused-ring (bicyclic) bond motifs is 2. The molecule has 0 bridgehead atoms. The van der Waals surface area contributed by atoms with Gasteiger partial charge in [-0.25, -0.2) is 0 Å². The van der Waals surface area contributed by atoms with Crippen LogP contribution >= 0.6 is 0 Å². The topological polar surface area (TPSA) is 17.1 Å². The predicted octanol–water partition coefficient (Wildman–Crippen LogP) is 2.54. The molecule has 0 saturated heterocycles. The summed E-state index contributed by atoms with van der Waals surface area (Å²) >= 11 is 0. The minimum absolute atomic E-state index is 0.0282. The van der Waals surface area contributed by atoms with E-state index >= 15 is 0 Å². The lowest BCUT2D eigenvalue weighted by Crippen LogP contribution is -2.27. The van der Waals surface area contributed by atoms with Crippen LogP contribution in [-0.2, 0) is 16.6 Å². The quantitative estimate of drug-likeness (QED) is 0.608. The summed E-state index contributed by atoms with van der Waals surface area (Å²) in [6.45, 7) is 2.16. The third-order valence-corrected chi connectivity index (χ3v) is 3.81. The van der Waals surface area contributed by atoms with Crippen LogP contribution in [0.5, 0.6) is 0 Å². The summed E-state index contributed by atoms with van der Waals surface area (Å²) in [5.41, 5.74) is 4.12. The molecule has 1 spiro atoms. The van der Waals surface area contributed by atoms with Crippen LogP contribution in [0.15, 0.2) is 18.2 Å². The maximum Gasteiger partial charge on any atom is 0.143 e. The van der Waals surface area contributed by atoms with E-state index in [0.29, 0.717) is 5.78 Å². The standard InChI is InChI=1S/C13H14O/c1-9-3-2-4-11-10(9)5-6-12(14)13(11)7-8-13/h2-4H,5-8H2,1H3. The van der Waals surface area contributed by atoms with Gasteiger partial charge in [0.2, 0.25) is 0 Å². The van der Waals surface area contributed by atoms with Gasteiger partial charge in [-0.1, -0.05) is 18.2 Å². The lowest BCUT2D eigenvalue weighted by Gasteiger charge is -2.25. The normalized spacial score (nSPS) is 22.2. The highest BCUT2D eigenvalue weighted by atomic mass is 16.1. The molecule has 72 valence electrons. The van der Waals surface area contributed by atoms with Crippen molar-refractivity contribution in [1.82, 2.24) is 0 Å². The largest absolute Gasteiger partial charge is 0.299 e. The zero-order chi connectivity index (χ0) is 9.76. The Morgan fingerprint density at radius 1 is 1.21 bits per heavy atom. The molecule has 14 heavy (non-hydrogen) atoms. The summed E-state index contributed by atoms with van der Waals surface area (Å²) in [6.07, 6.45) is 3.89. The number of carbonyl (C=O) groups excluding carboxylic acids is 1. The Bertz CT molecular complexity index is 413. The fourth-order valence-electron chi connectivity index (χ4n) is 2.78. The highest BCUT2D eigenvalue weighted by molar-refractivity contribution is 5.95. The first-order valence-electron chi connectivity index (χ1n) is 5.36. The molecule has 1 aromatic carbocycles. The zero-order valence-corrected chi connectivity index (χ0v) is 8.47. The Kier molecular flexibility index (Phi) is 1.45. The molecule has 2 aliphatic rings. The molecular weight excluding hydrogens is 172 g/mol. The zero-order valence-electron chi connectivity index (χ0n) is 8.47. The number of hydrogen-bond donors (Lipinski definition) is 0. The molecule has 0 heterocycles. The first-order valence-corrected chi connectivity index (χ1v) is 5.36. The van der Waals surface area contributed by atoms with Crippen molar-refractivity contribution >= 4 is 5.78 Å². The maximum absolute atomic E-state index is 11.9. The SMILES string of the molecule is Cc1cccc2c1CCC(=O)C21CC1. The number of aryl methyl sites for hydroxylation is 1. The van der Waals surface area contributed by atoms with Crippen LogP contribution in [0.3, 0.4) is 0 Å². The van der Waals surface area contributed by atoms with Gasteiger partial charge in [0.1, 0.15) is 5.78 Å². The average molecular weight is 186 g/mol. The van der Waals surface area contributed by atoms with E-state index in [9.17, 15) is 4.79 Å². The number of carbonyl (C=O) groups is 1. The molecule has 0 aliphatic heterocycles. The van der Waals surface area contributed by atoms with Crippen LogP contribution in [0.2, 0.25) is 0 Å². The average Bonchev–Trinajstić information content (AvgIpc) is 2.94. The minimum Gasteiger partial charge on any atom is -0.299 e. The number of ketones is 1. The number of benzene rings is 1. The monoisotopic (exact) mass is 186 g/mol. The van der Waals surface area contributed by atoms with Crippen molar-refractivity contribution in [2.75, 3.05) is 0 Å². The fraction of sp³-hybridized carbons (Fsp3) is 0.462. The Balaban J connectivity index is 2.23. The van der Waals surface area contributed by atoms with Gasteiger partial charge in [-0.2, -0.15) is 0 Å². The van der Waals surface area contributed by atoms with E-state index in [0.717, 1.165) is 25.7 Å². The van der Waals surface area contributed by atoms with Crippen molar-refractivity contribution in [3.05, 3.63) is 34.9 Å². The van der Waals surface area contributed by atoms with Crippen LogP contribution in [0.1, 0.15) is 36.0 Å². The molecule has 1 heteroatoms. The minimum atomic E-state index is -0.0282. The third-order valence-electron chi connectivity index (χ3n) is 3.81. The van der Waals surface area contributed by atoms with Gasteiger partial charge in [0.05, 0.1) is 5.41 Å². The second-order valence-corrected chi connectivity index (χ2v) is 4.61. The van der Waals surface area contributed by atoms with Gasteiger partial charge in [-0.05, 0) is 42.9 Å². The van der Waals surface area contributed by atoms with Crippen LogP contribution < -0.4 is 0 Å². The van der Waals surface area contributed by atoms with E-state index in [-0.39, 0.29) is 5.41 Å². The van der Waals surface area contributed by atoms with Crippen molar-refractivity contribution in [3.8, 4) is 0 Å². The summed E-state index contributed by atoms with van der Waals surface area (Å²) in [5.74, 6) is 0.482. The summed E-state index contributed by atoms with van der Waals surface area (Å²) in [7, 11) is 0. The number of Topliss-reactive ketones (excluding diaryl/α,β-unsaturated/α-hetero) is 1. The third kappa shape index (κ3) is 0.875. The van der Waals surface area contributed by atoms with Crippen molar-refractivity contribution in [1.29, 1.82) is 0 Å². The Morgan fingerprint density at radius 3 is 2.71 bits per heavy atom. The summed E-state index contributed by atoms with van der Waals surface area (Å²) in [6, 6.07) is 6.41. The molecule has 0 atom stereocenters. The van der Waals surface area contributed by atoms with Gasteiger partial charge in [0.15, 0.2) is 0 Å². The highest BCUT2D eigenvalue weighted by Gasteiger charge is 2.53. The molecule has 0 aromatic heterocycles. The Morgan fingerprint density at radius 2 is 2.00 bits per heavy atom. The van der Waals surface area contributed by atoms with Crippen molar-refractivity contribution in [3.63, 3.8) is 0 Å². The van der Waals surface area contributed by atoms with Crippen LogP contribution in [0.4, 0.5) is 0 Å². The second-order valence-electron chi connectivity index (χ2n) is 4.61. The van der Waals surface area contributed by atoms with Gasteiger partial charge in [-0.15, -0.1) is 0 Å². The van der Waals surface area contributed by atoms with Gasteiger partial charge >= 0.3 is 0 Å². The Hall–Kier alpha value is -1.11. The molecule has 3 rings (SSSR count). The molecule has 1 fully saturated rings. The van der Waals surface area contributed by atoms with Crippen LogP contribution in [0.25, 0.3) is 0 Å². The van der Waals surface area contributed by atoms with E-state index in [2.05, 4.69) is 25.1 Å². The maximum atomic E-state index is 11.9. The van der Waals surface area contributed by atoms with Crippen molar-refractivity contribution in [2.24, 2.45) is 0 Å². The van der Waals surface area contributed by atoms with E-state index in [1.165, 1.54) is 16.7 Å². The lowest BCUT2D eigenvalue weighted by atomic mass is 9.78. The number of hydrogen-bond acceptors (Lipinski definition) is 1. The fourth-order valence-corrected chi connectivity index (χ4v) is 2.78. The Labute approximate surface area is 84.1 Å². The molecule has 2 aliphatic carbocycles. The molecule has 0 amide bonds. The van der Waals surface area contributed by atoms with Crippen molar-refractivity contribution in [2.45, 2.75) is 38.0 Å². The molecule has 1 nitrogen and oxygen atoms in total. The van der Waals surface area contributed by atoms with Gasteiger partial charge in [-0.3, -0.25) is 4.79 Å². The summed E-state index contributed by atoms with van der Waals surface area (Å²) < 4.78 is 0. The first kappa shape index (κ1) is 8.22. The molecule has 0 radical (unpaired) electrons. The van der Waals surface area contributed by atoms with Gasteiger partial charge in [0, 0.05) is 6.42 Å². The van der Waals surface area contributed by atoms with E-state index in [1.807, 2.05) is 0 Å². The van der Waals surface area contributed by atoms with E-state index in [4.69, 9.17) is 0 Å². The molecule has 0 N–H and O–H groups in total.